The molecular weight excluding hydrogens is 372 g/mol. The second-order valence-electron chi connectivity index (χ2n) is 6.36. The molecule has 1 atom stereocenters. The Balaban J connectivity index is 1.95. The van der Waals surface area contributed by atoms with Gasteiger partial charge in [-0.15, -0.1) is 10.2 Å². The first-order chi connectivity index (χ1) is 13.7. The molecule has 4 rings (SSSR count). The molecular formula is C21H20N4O2S. The van der Waals surface area contributed by atoms with E-state index in [0.29, 0.717) is 23.2 Å². The molecule has 1 aromatic heterocycles. The molecule has 0 aliphatic carbocycles. The van der Waals surface area contributed by atoms with Gasteiger partial charge in [0.05, 0.1) is 5.69 Å². The predicted octanol–water partition coefficient (Wildman–Crippen LogP) is 4.48. The van der Waals surface area contributed by atoms with Crippen LogP contribution in [0.1, 0.15) is 31.6 Å². The molecule has 1 aliphatic heterocycles. The summed E-state index contributed by atoms with van der Waals surface area (Å²) in [4.78, 5) is 19.4. The summed E-state index contributed by atoms with van der Waals surface area (Å²) in [5.41, 5.74) is 2.95. The normalized spacial score (nSPS) is 15.2. The number of amides is 1. The highest BCUT2D eigenvalue weighted by Gasteiger charge is 2.35. The van der Waals surface area contributed by atoms with E-state index in [9.17, 15) is 4.79 Å². The third kappa shape index (κ3) is 3.33. The fourth-order valence-electron chi connectivity index (χ4n) is 3.24. The number of nitrogens with zero attached hydrogens (tertiary/aromatic N) is 4. The van der Waals surface area contributed by atoms with Gasteiger partial charge in [-0.25, -0.2) is 0 Å². The maximum Gasteiger partial charge on any atom is 0.247 e. The number of hydrogen-bond donors (Lipinski definition) is 0. The molecule has 0 unspecified atom stereocenters. The summed E-state index contributed by atoms with van der Waals surface area (Å²) in [6, 6.07) is 17.4. The average Bonchev–Trinajstić information content (AvgIpc) is 2.88. The number of hydrogen-bond acceptors (Lipinski definition) is 6. The average molecular weight is 392 g/mol. The lowest BCUT2D eigenvalue weighted by Gasteiger charge is -2.30. The smallest absolute Gasteiger partial charge is 0.247 e. The molecule has 6 nitrogen and oxygen atoms in total. The van der Waals surface area contributed by atoms with E-state index in [1.54, 1.807) is 4.90 Å². The number of anilines is 1. The van der Waals surface area contributed by atoms with Crippen LogP contribution in [0, 0.1) is 0 Å². The number of thioether (sulfide) groups is 1. The molecule has 0 saturated heterocycles. The minimum absolute atomic E-state index is 0.00495. The van der Waals surface area contributed by atoms with Gasteiger partial charge in [0.2, 0.25) is 23.2 Å². The lowest BCUT2D eigenvalue weighted by molar-refractivity contribution is -0.120. The molecule has 0 fully saturated rings. The highest BCUT2D eigenvalue weighted by atomic mass is 32.2. The fraction of sp³-hybridized carbons (Fsp3) is 0.238. The third-order valence-electron chi connectivity index (χ3n) is 4.51. The SMILES string of the molecule is CCCC(=O)N1c2ccccc2-c2nnc(SC)nc2O[C@H]1c1ccccc1. The molecule has 7 heteroatoms. The van der Waals surface area contributed by atoms with Gasteiger partial charge >= 0.3 is 0 Å². The van der Waals surface area contributed by atoms with Gasteiger partial charge in [-0.05, 0) is 18.7 Å². The number of fused-ring (bicyclic) bond motifs is 3. The van der Waals surface area contributed by atoms with Crippen molar-refractivity contribution in [3.8, 4) is 17.1 Å². The van der Waals surface area contributed by atoms with E-state index in [0.717, 1.165) is 23.2 Å². The zero-order valence-corrected chi connectivity index (χ0v) is 16.5. The van der Waals surface area contributed by atoms with Crippen molar-refractivity contribution < 1.29 is 9.53 Å². The summed E-state index contributed by atoms with van der Waals surface area (Å²) in [7, 11) is 0. The Morgan fingerprint density at radius 1 is 1.11 bits per heavy atom. The summed E-state index contributed by atoms with van der Waals surface area (Å²) in [6.07, 6.45) is 2.43. The molecule has 1 aliphatic rings. The van der Waals surface area contributed by atoms with Crippen molar-refractivity contribution in [1.29, 1.82) is 0 Å². The van der Waals surface area contributed by atoms with Crippen molar-refractivity contribution in [3.05, 3.63) is 60.2 Å². The number of aromatic nitrogens is 3. The van der Waals surface area contributed by atoms with E-state index in [1.165, 1.54) is 11.8 Å². The van der Waals surface area contributed by atoms with Crippen molar-refractivity contribution in [2.24, 2.45) is 0 Å². The van der Waals surface area contributed by atoms with E-state index in [-0.39, 0.29) is 5.91 Å². The molecule has 0 bridgehead atoms. The molecule has 0 radical (unpaired) electrons. The molecule has 28 heavy (non-hydrogen) atoms. The Hall–Kier alpha value is -2.93. The Kier molecular flexibility index (Phi) is 5.25. The van der Waals surface area contributed by atoms with Crippen LogP contribution in [0.2, 0.25) is 0 Å². The van der Waals surface area contributed by atoms with E-state index in [2.05, 4.69) is 15.2 Å². The lowest BCUT2D eigenvalue weighted by atomic mass is 10.1. The molecule has 0 saturated carbocycles. The molecule has 142 valence electrons. The Labute approximate surface area is 168 Å². The number of rotatable bonds is 4. The van der Waals surface area contributed by atoms with Gasteiger partial charge in [-0.3, -0.25) is 9.69 Å². The monoisotopic (exact) mass is 392 g/mol. The van der Waals surface area contributed by atoms with Crippen LogP contribution in [0.4, 0.5) is 5.69 Å². The topological polar surface area (TPSA) is 68.2 Å². The van der Waals surface area contributed by atoms with Gasteiger partial charge < -0.3 is 4.74 Å². The maximum atomic E-state index is 13.2. The number of carbonyl (C=O) groups is 1. The Bertz CT molecular complexity index is 997. The summed E-state index contributed by atoms with van der Waals surface area (Å²) in [5.74, 6) is 0.377. The van der Waals surface area contributed by atoms with Crippen LogP contribution >= 0.6 is 11.8 Å². The van der Waals surface area contributed by atoms with Crippen molar-refractivity contribution in [1.82, 2.24) is 15.2 Å². The number of para-hydroxylation sites is 1. The molecule has 2 aromatic carbocycles. The zero-order valence-electron chi connectivity index (χ0n) is 15.7. The van der Waals surface area contributed by atoms with Crippen LogP contribution in [0.5, 0.6) is 5.88 Å². The van der Waals surface area contributed by atoms with Gasteiger partial charge in [0.25, 0.3) is 0 Å². The van der Waals surface area contributed by atoms with Crippen LogP contribution in [-0.4, -0.2) is 27.3 Å². The highest BCUT2D eigenvalue weighted by Crippen LogP contribution is 2.43. The third-order valence-corrected chi connectivity index (χ3v) is 5.05. The quantitative estimate of drug-likeness (QED) is 0.610. The van der Waals surface area contributed by atoms with Crippen LogP contribution in [-0.2, 0) is 4.79 Å². The van der Waals surface area contributed by atoms with Gasteiger partial charge in [-0.2, -0.15) is 4.98 Å². The summed E-state index contributed by atoms with van der Waals surface area (Å²) >= 11 is 1.40. The summed E-state index contributed by atoms with van der Waals surface area (Å²) in [5, 5.41) is 9.06. The predicted molar refractivity (Wildman–Crippen MR) is 109 cm³/mol. The molecule has 2 heterocycles. The summed E-state index contributed by atoms with van der Waals surface area (Å²) < 4.78 is 6.33. The summed E-state index contributed by atoms with van der Waals surface area (Å²) in [6.45, 7) is 1.99. The number of carbonyl (C=O) groups excluding carboxylic acids is 1. The standard InChI is InChI=1S/C21H20N4O2S/c1-3-9-17(26)25-16-13-8-7-12-15(16)18-19(22-21(28-2)24-23-18)27-20(25)14-10-5-4-6-11-14/h4-8,10-13,20H,3,9H2,1-2H3/t20-/m0/s1. The molecule has 0 N–H and O–H groups in total. The van der Waals surface area contributed by atoms with Crippen LogP contribution in [0.3, 0.4) is 0 Å². The van der Waals surface area contributed by atoms with Crippen molar-refractivity contribution in [2.45, 2.75) is 31.1 Å². The molecule has 3 aromatic rings. The van der Waals surface area contributed by atoms with Gasteiger partial charge in [0.1, 0.15) is 0 Å². The Morgan fingerprint density at radius 2 is 1.86 bits per heavy atom. The van der Waals surface area contributed by atoms with Crippen molar-refractivity contribution in [3.63, 3.8) is 0 Å². The van der Waals surface area contributed by atoms with Crippen LogP contribution in [0.15, 0.2) is 59.8 Å². The van der Waals surface area contributed by atoms with E-state index in [1.807, 2.05) is 67.8 Å². The number of ether oxygens (including phenoxy) is 1. The second kappa shape index (κ2) is 7.98. The zero-order chi connectivity index (χ0) is 19.5. The minimum Gasteiger partial charge on any atom is -0.447 e. The van der Waals surface area contributed by atoms with E-state index in [4.69, 9.17) is 4.74 Å². The van der Waals surface area contributed by atoms with Gasteiger partial charge in [0, 0.05) is 17.5 Å². The first-order valence-corrected chi connectivity index (χ1v) is 10.4. The van der Waals surface area contributed by atoms with E-state index < -0.39 is 6.23 Å². The fourth-order valence-corrected chi connectivity index (χ4v) is 3.54. The largest absolute Gasteiger partial charge is 0.447 e. The maximum absolute atomic E-state index is 13.2. The van der Waals surface area contributed by atoms with E-state index >= 15 is 0 Å². The number of benzene rings is 2. The minimum atomic E-state index is -0.631. The first-order valence-electron chi connectivity index (χ1n) is 9.14. The Morgan fingerprint density at radius 3 is 2.61 bits per heavy atom. The second-order valence-corrected chi connectivity index (χ2v) is 7.14. The van der Waals surface area contributed by atoms with Crippen LogP contribution in [0.25, 0.3) is 11.3 Å². The first kappa shape index (κ1) is 18.4. The van der Waals surface area contributed by atoms with Crippen LogP contribution < -0.4 is 9.64 Å². The van der Waals surface area contributed by atoms with Gasteiger partial charge in [0.15, 0.2) is 5.69 Å². The van der Waals surface area contributed by atoms with Gasteiger partial charge in [-0.1, -0.05) is 67.2 Å². The molecule has 0 spiro atoms. The molecule has 1 amide bonds. The van der Waals surface area contributed by atoms with Crippen molar-refractivity contribution >= 4 is 23.4 Å². The lowest BCUT2D eigenvalue weighted by Crippen LogP contribution is -2.37. The van der Waals surface area contributed by atoms with Crippen molar-refractivity contribution in [2.75, 3.05) is 11.2 Å². The highest BCUT2D eigenvalue weighted by molar-refractivity contribution is 7.98.